The van der Waals surface area contributed by atoms with Crippen LogP contribution in [0, 0.1) is 0 Å². The molecule has 1 atom stereocenters. The van der Waals surface area contributed by atoms with Gasteiger partial charge in [0.25, 0.3) is 5.91 Å². The van der Waals surface area contributed by atoms with Crippen molar-refractivity contribution in [2.24, 2.45) is 0 Å². The molecule has 5 nitrogen and oxygen atoms in total. The van der Waals surface area contributed by atoms with Gasteiger partial charge in [-0.25, -0.2) is 0 Å². The normalized spacial score (nSPS) is 11.8. The Morgan fingerprint density at radius 1 is 1.17 bits per heavy atom. The van der Waals surface area contributed by atoms with Gasteiger partial charge in [-0.1, -0.05) is 43.6 Å². The quantitative estimate of drug-likeness (QED) is 0.591. The number of nitrogens with zero attached hydrogens (tertiary/aromatic N) is 1. The fourth-order valence-electron chi connectivity index (χ4n) is 2.84. The summed E-state index contributed by atoms with van der Waals surface area (Å²) in [6.45, 7) is 5.99. The second kappa shape index (κ2) is 10.6. The molecule has 0 aliphatic heterocycles. The molecule has 29 heavy (non-hydrogen) atoms. The molecule has 156 valence electrons. The van der Waals surface area contributed by atoms with Gasteiger partial charge < -0.3 is 15.0 Å². The van der Waals surface area contributed by atoms with Gasteiger partial charge in [0, 0.05) is 18.6 Å². The monoisotopic (exact) mass is 480 g/mol. The molecule has 0 saturated heterocycles. The van der Waals surface area contributed by atoms with Gasteiger partial charge in [0.05, 0.1) is 4.47 Å². The number of benzene rings is 2. The molecule has 2 rings (SSSR count). The van der Waals surface area contributed by atoms with E-state index in [-0.39, 0.29) is 25.0 Å². The molecule has 7 heteroatoms. The molecular weight excluding hydrogens is 456 g/mol. The van der Waals surface area contributed by atoms with Crippen LogP contribution in [0.5, 0.6) is 5.75 Å². The van der Waals surface area contributed by atoms with Gasteiger partial charge in [-0.3, -0.25) is 9.59 Å². The Morgan fingerprint density at radius 3 is 2.48 bits per heavy atom. The number of likely N-dealkylation sites (N-methyl/N-ethyl adjacent to an activating group) is 1. The second-order valence-electron chi connectivity index (χ2n) is 7.08. The van der Waals surface area contributed by atoms with E-state index in [1.54, 1.807) is 26.1 Å². The lowest BCUT2D eigenvalue weighted by Gasteiger charge is -2.28. The molecule has 0 unspecified atom stereocenters. The maximum absolute atomic E-state index is 12.9. The summed E-state index contributed by atoms with van der Waals surface area (Å²) in [6, 6.07) is 12.4. The predicted molar refractivity (Wildman–Crippen MR) is 119 cm³/mol. The van der Waals surface area contributed by atoms with Crippen molar-refractivity contribution in [3.05, 3.63) is 63.1 Å². The molecule has 0 aliphatic carbocycles. The lowest BCUT2D eigenvalue weighted by Crippen LogP contribution is -2.48. The molecule has 0 aromatic heterocycles. The topological polar surface area (TPSA) is 58.6 Å². The fraction of sp³-hybridized carbons (Fsp3) is 0.364. The summed E-state index contributed by atoms with van der Waals surface area (Å²) in [5.74, 6) is 0.436. The molecule has 0 fully saturated rings. The SMILES string of the molecule is CNC(=O)[C@H](C)N(Cc1cccc(Cl)c1)C(=O)COc1ccc(C(C)C)cc1Br. The Morgan fingerprint density at radius 2 is 1.90 bits per heavy atom. The summed E-state index contributed by atoms with van der Waals surface area (Å²) in [5, 5.41) is 3.17. The smallest absolute Gasteiger partial charge is 0.261 e. The van der Waals surface area contributed by atoms with Crippen molar-refractivity contribution in [2.45, 2.75) is 39.3 Å². The largest absolute Gasteiger partial charge is 0.483 e. The minimum atomic E-state index is -0.651. The van der Waals surface area contributed by atoms with Gasteiger partial charge in [-0.15, -0.1) is 0 Å². The summed E-state index contributed by atoms with van der Waals surface area (Å²) in [6.07, 6.45) is 0. The van der Waals surface area contributed by atoms with Crippen molar-refractivity contribution in [1.29, 1.82) is 0 Å². The summed E-state index contributed by atoms with van der Waals surface area (Å²) < 4.78 is 6.53. The highest BCUT2D eigenvalue weighted by molar-refractivity contribution is 9.10. The molecule has 0 radical (unpaired) electrons. The third kappa shape index (κ3) is 6.47. The lowest BCUT2D eigenvalue weighted by molar-refractivity contribution is -0.142. The minimum Gasteiger partial charge on any atom is -0.483 e. The zero-order valence-corrected chi connectivity index (χ0v) is 19.4. The highest BCUT2D eigenvalue weighted by Gasteiger charge is 2.26. The maximum Gasteiger partial charge on any atom is 0.261 e. The Labute approximate surface area is 185 Å². The molecule has 2 aromatic rings. The zero-order chi connectivity index (χ0) is 21.6. The predicted octanol–water partition coefficient (Wildman–Crippen LogP) is 4.77. The van der Waals surface area contributed by atoms with E-state index in [2.05, 4.69) is 35.1 Å². The number of nitrogens with one attached hydrogen (secondary N) is 1. The van der Waals surface area contributed by atoms with E-state index < -0.39 is 6.04 Å². The number of rotatable bonds is 8. The third-order valence-electron chi connectivity index (χ3n) is 4.63. The van der Waals surface area contributed by atoms with Gasteiger partial charge >= 0.3 is 0 Å². The van der Waals surface area contributed by atoms with Crippen LogP contribution < -0.4 is 10.1 Å². The van der Waals surface area contributed by atoms with Gasteiger partial charge in [0.2, 0.25) is 5.91 Å². The summed E-state index contributed by atoms with van der Waals surface area (Å²) >= 11 is 9.56. The number of amides is 2. The molecule has 0 heterocycles. The van der Waals surface area contributed by atoms with Crippen LogP contribution in [-0.2, 0) is 16.1 Å². The molecule has 0 bridgehead atoms. The van der Waals surface area contributed by atoms with Crippen molar-refractivity contribution in [2.75, 3.05) is 13.7 Å². The van der Waals surface area contributed by atoms with Crippen LogP contribution in [0.4, 0.5) is 0 Å². The molecule has 1 N–H and O–H groups in total. The van der Waals surface area contributed by atoms with Crippen LogP contribution in [0.3, 0.4) is 0 Å². The molecule has 0 aliphatic rings. The molecular formula is C22H26BrClN2O3. The van der Waals surface area contributed by atoms with Crippen molar-refractivity contribution >= 4 is 39.3 Å². The van der Waals surface area contributed by atoms with Gasteiger partial charge in [0.15, 0.2) is 6.61 Å². The molecule has 2 amide bonds. The molecule has 0 spiro atoms. The van der Waals surface area contributed by atoms with Crippen molar-refractivity contribution in [1.82, 2.24) is 10.2 Å². The Kier molecular flexibility index (Phi) is 8.53. The lowest BCUT2D eigenvalue weighted by atomic mass is 10.0. The second-order valence-corrected chi connectivity index (χ2v) is 8.37. The Balaban J connectivity index is 2.15. The highest BCUT2D eigenvalue weighted by atomic mass is 79.9. The first-order valence-corrected chi connectivity index (χ1v) is 10.6. The van der Waals surface area contributed by atoms with Crippen LogP contribution in [0.1, 0.15) is 37.8 Å². The van der Waals surface area contributed by atoms with Crippen molar-refractivity contribution < 1.29 is 14.3 Å². The fourth-order valence-corrected chi connectivity index (χ4v) is 3.56. The van der Waals surface area contributed by atoms with E-state index in [9.17, 15) is 9.59 Å². The number of carbonyl (C=O) groups excluding carboxylic acids is 2. The first kappa shape index (κ1) is 23.2. The van der Waals surface area contributed by atoms with Crippen molar-refractivity contribution in [3.63, 3.8) is 0 Å². The molecule has 0 saturated carbocycles. The average molecular weight is 482 g/mol. The van der Waals surface area contributed by atoms with E-state index in [0.29, 0.717) is 16.7 Å². The van der Waals surface area contributed by atoms with E-state index in [0.717, 1.165) is 10.0 Å². The van der Waals surface area contributed by atoms with Crippen molar-refractivity contribution in [3.8, 4) is 5.75 Å². The van der Waals surface area contributed by atoms with Gasteiger partial charge in [-0.05, 0) is 64.2 Å². The van der Waals surface area contributed by atoms with Crippen LogP contribution in [0.25, 0.3) is 0 Å². The summed E-state index contributed by atoms with van der Waals surface area (Å²) in [5.41, 5.74) is 2.01. The minimum absolute atomic E-state index is 0.179. The highest BCUT2D eigenvalue weighted by Crippen LogP contribution is 2.29. The van der Waals surface area contributed by atoms with Crippen LogP contribution >= 0.6 is 27.5 Å². The van der Waals surface area contributed by atoms with E-state index >= 15 is 0 Å². The van der Waals surface area contributed by atoms with Crippen LogP contribution in [0.2, 0.25) is 5.02 Å². The zero-order valence-electron chi connectivity index (χ0n) is 17.0. The van der Waals surface area contributed by atoms with E-state index in [4.69, 9.17) is 16.3 Å². The number of ether oxygens (including phenoxy) is 1. The van der Waals surface area contributed by atoms with Gasteiger partial charge in [-0.2, -0.15) is 0 Å². The molecule has 2 aromatic carbocycles. The third-order valence-corrected chi connectivity index (χ3v) is 5.48. The first-order valence-electron chi connectivity index (χ1n) is 9.40. The number of halogens is 2. The summed E-state index contributed by atoms with van der Waals surface area (Å²) in [4.78, 5) is 26.6. The standard InChI is InChI=1S/C22H26BrClN2O3/c1-14(2)17-8-9-20(19(23)11-17)29-13-21(27)26(15(3)22(28)25-4)12-16-6-5-7-18(24)10-16/h5-11,14-15H,12-13H2,1-4H3,(H,25,28)/t15-/m0/s1. The first-order chi connectivity index (χ1) is 13.7. The Bertz CT molecular complexity index is 873. The van der Waals surface area contributed by atoms with Gasteiger partial charge in [0.1, 0.15) is 11.8 Å². The Hall–Kier alpha value is -2.05. The number of hydrogen-bond donors (Lipinski definition) is 1. The number of carbonyl (C=O) groups is 2. The average Bonchev–Trinajstić information content (AvgIpc) is 2.69. The van der Waals surface area contributed by atoms with E-state index in [1.165, 1.54) is 10.5 Å². The van der Waals surface area contributed by atoms with Crippen LogP contribution in [-0.4, -0.2) is 36.4 Å². The summed E-state index contributed by atoms with van der Waals surface area (Å²) in [7, 11) is 1.55. The number of hydrogen-bond acceptors (Lipinski definition) is 3. The maximum atomic E-state index is 12.9. The van der Waals surface area contributed by atoms with Crippen LogP contribution in [0.15, 0.2) is 46.9 Å². The van der Waals surface area contributed by atoms with E-state index in [1.807, 2.05) is 30.3 Å².